The summed E-state index contributed by atoms with van der Waals surface area (Å²) >= 11 is 0. The van der Waals surface area contributed by atoms with Gasteiger partial charge in [0, 0.05) is 22.6 Å². The topological polar surface area (TPSA) is 4.93 Å². The number of rotatable bonds is 11. The molecule has 0 aliphatic heterocycles. The first kappa shape index (κ1) is 36.6. The molecular formula is C75H55NSi. The summed E-state index contributed by atoms with van der Waals surface area (Å²) in [5, 5.41) is 6.78. The SMILES string of the molecule is [2H]c1c([2H])c([2H])c(-c2cccc(-c3c([2H])c([2H])c([2H])c([2H])c3[2H])c2-c2ccc3c(c2)c2ccccc2n3-c2cccc3c2C2C(/C(=C\C=C)[Si](c4ccccc4)(c4ccccc4)c4ccc(-c5ccccc5)cc4)=C(C)C3c3ccccc32)c([2H])c1[2H]. The van der Waals surface area contributed by atoms with Crippen LogP contribution < -0.4 is 15.6 Å². The molecule has 0 spiro atoms. The van der Waals surface area contributed by atoms with Gasteiger partial charge in [-0.25, -0.2) is 0 Å². The second kappa shape index (κ2) is 19.1. The molecular weight excluding hydrogens is 943 g/mol. The highest BCUT2D eigenvalue weighted by Gasteiger charge is 2.51. The van der Waals surface area contributed by atoms with Gasteiger partial charge in [-0.2, -0.15) is 0 Å². The van der Waals surface area contributed by atoms with Gasteiger partial charge < -0.3 is 4.57 Å². The molecule has 3 aliphatic rings. The van der Waals surface area contributed by atoms with Crippen LogP contribution in [0, 0.1) is 0 Å². The van der Waals surface area contributed by atoms with E-state index in [4.69, 9.17) is 8.22 Å². The van der Waals surface area contributed by atoms with Gasteiger partial charge in [0.25, 0.3) is 0 Å². The predicted molar refractivity (Wildman–Crippen MR) is 328 cm³/mol. The van der Waals surface area contributed by atoms with Crippen molar-refractivity contribution in [2.45, 2.75) is 18.8 Å². The minimum Gasteiger partial charge on any atom is -0.309 e. The van der Waals surface area contributed by atoms with Gasteiger partial charge in [0.1, 0.15) is 0 Å². The number of nitrogens with zero attached hydrogens (tertiary/aromatic N) is 1. The highest BCUT2D eigenvalue weighted by molar-refractivity contribution is 7.16. The Kier molecular flexibility index (Phi) is 9.07. The second-order valence-corrected chi connectivity index (χ2v) is 23.7. The van der Waals surface area contributed by atoms with Gasteiger partial charge in [0.15, 0.2) is 8.07 Å². The molecule has 77 heavy (non-hydrogen) atoms. The number of fused-ring (bicyclic) bond motifs is 3. The molecule has 12 aromatic rings. The third kappa shape index (κ3) is 7.35. The predicted octanol–water partition coefficient (Wildman–Crippen LogP) is 17.2. The van der Waals surface area contributed by atoms with E-state index in [0.29, 0.717) is 11.1 Å². The maximum atomic E-state index is 9.22. The molecule has 2 bridgehead atoms. The van der Waals surface area contributed by atoms with Crippen molar-refractivity contribution in [1.82, 2.24) is 4.57 Å². The highest BCUT2D eigenvalue weighted by Crippen LogP contribution is 2.59. The Hall–Kier alpha value is -9.34. The van der Waals surface area contributed by atoms with E-state index in [9.17, 15) is 5.48 Å². The lowest BCUT2D eigenvalue weighted by Gasteiger charge is -2.48. The van der Waals surface area contributed by atoms with Crippen LogP contribution in [0.2, 0.25) is 0 Å². The molecule has 2 unspecified atom stereocenters. The summed E-state index contributed by atoms with van der Waals surface area (Å²) in [6, 6.07) is 72.0. The molecule has 0 amide bonds. The third-order valence-corrected chi connectivity index (χ3v) is 20.9. The normalized spacial score (nSPS) is 16.7. The van der Waals surface area contributed by atoms with Crippen LogP contribution in [-0.2, 0) is 0 Å². The van der Waals surface area contributed by atoms with Crippen LogP contribution >= 0.6 is 0 Å². The summed E-state index contributed by atoms with van der Waals surface area (Å²) in [7, 11) is -3.29. The van der Waals surface area contributed by atoms with E-state index >= 15 is 0 Å². The van der Waals surface area contributed by atoms with Crippen LogP contribution in [0.4, 0.5) is 0 Å². The molecule has 0 N–H and O–H groups in total. The van der Waals surface area contributed by atoms with Crippen LogP contribution in [0.3, 0.4) is 0 Å². The van der Waals surface area contributed by atoms with Crippen molar-refractivity contribution in [1.29, 1.82) is 0 Å². The highest BCUT2D eigenvalue weighted by atomic mass is 28.3. The molecule has 0 fully saturated rings. The van der Waals surface area contributed by atoms with Crippen molar-refractivity contribution in [2.24, 2.45) is 0 Å². The first-order chi connectivity index (χ1) is 42.3. The van der Waals surface area contributed by atoms with Crippen molar-refractivity contribution in [3.8, 4) is 50.2 Å². The summed E-state index contributed by atoms with van der Waals surface area (Å²) in [5.41, 5.74) is 13.9. The average Bonchev–Trinajstić information content (AvgIpc) is 1.34. The number of allylic oxidation sites excluding steroid dienone is 5. The van der Waals surface area contributed by atoms with Crippen LogP contribution in [0.1, 0.15) is 54.7 Å². The van der Waals surface area contributed by atoms with E-state index in [1.165, 1.54) is 54.2 Å². The molecule has 1 nitrogen and oxygen atoms in total. The minimum atomic E-state index is -3.29. The largest absolute Gasteiger partial charge is 0.309 e. The molecule has 364 valence electrons. The Balaban J connectivity index is 1.03. The molecule has 1 aromatic heterocycles. The Morgan fingerprint density at radius 2 is 0.961 bits per heavy atom. The van der Waals surface area contributed by atoms with Gasteiger partial charge in [0.05, 0.1) is 30.4 Å². The lowest BCUT2D eigenvalue weighted by molar-refractivity contribution is 0.734. The third-order valence-electron chi connectivity index (χ3n) is 16.1. The first-order valence-electron chi connectivity index (χ1n) is 31.1. The molecule has 0 saturated carbocycles. The number of hydrogen-bond donors (Lipinski definition) is 0. The summed E-state index contributed by atoms with van der Waals surface area (Å²) in [4.78, 5) is 0. The van der Waals surface area contributed by atoms with Gasteiger partial charge in [-0.05, 0) is 124 Å². The van der Waals surface area contributed by atoms with Crippen molar-refractivity contribution in [3.63, 3.8) is 0 Å². The lowest BCUT2D eigenvalue weighted by atomic mass is 9.60. The van der Waals surface area contributed by atoms with Crippen LogP contribution in [0.5, 0.6) is 0 Å². The summed E-state index contributed by atoms with van der Waals surface area (Å²) in [6.07, 6.45) is 4.29. The molecule has 2 atom stereocenters. The second-order valence-electron chi connectivity index (χ2n) is 19.9. The molecule has 2 heteroatoms. The number of para-hydroxylation sites is 1. The Morgan fingerprint density at radius 3 is 1.60 bits per heavy atom. The molecule has 1 heterocycles. The zero-order valence-electron chi connectivity index (χ0n) is 52.2. The number of aromatic nitrogens is 1. The first-order valence-corrected chi connectivity index (χ1v) is 28.1. The average molecular weight is 1010 g/mol. The molecule has 11 aromatic carbocycles. The van der Waals surface area contributed by atoms with E-state index < -0.39 is 68.5 Å². The van der Waals surface area contributed by atoms with Crippen molar-refractivity contribution >= 4 is 45.4 Å². The van der Waals surface area contributed by atoms with E-state index in [0.717, 1.165) is 38.6 Å². The van der Waals surface area contributed by atoms with Crippen LogP contribution in [-0.4, -0.2) is 12.6 Å². The van der Waals surface area contributed by atoms with E-state index in [2.05, 4.69) is 194 Å². The number of hydrogen-bond acceptors (Lipinski definition) is 0. The standard InChI is InChI=1S/C75H55NSi/c1-3-25-70(77(57-32-15-7-16-33-57,58-34-17-8-18-35-58)59-47-44-53(45-48-59)52-26-9-4-10-27-52)72-51(2)71-63-37-19-20-38-64(63)75(72)74-65(71)41-24-43-69(74)76-67-42-22-21-36-62(67)66-50-56(46-49-68(66)76)73-60(54-28-11-5-12-29-54)39-23-40-61(73)55-30-13-6-14-31-55/h3-50,71,75H,1H2,2H3/b70-25+/i5D,6D,11D,12D,13D,14D,28D,29D,30D,31D. The zero-order chi connectivity index (χ0) is 60.2. The Bertz CT molecular complexity index is 4710. The quantitative estimate of drug-likeness (QED) is 0.0691. The van der Waals surface area contributed by atoms with Crippen LogP contribution in [0.25, 0.3) is 72.0 Å². The molecule has 15 rings (SSSR count). The fourth-order valence-corrected chi connectivity index (χ4v) is 18.2. The van der Waals surface area contributed by atoms with Crippen LogP contribution in [0.15, 0.2) is 314 Å². The maximum Gasteiger partial charge on any atom is 0.179 e. The Morgan fingerprint density at radius 1 is 0.455 bits per heavy atom. The van der Waals surface area contributed by atoms with Gasteiger partial charge in [-0.3, -0.25) is 0 Å². The molecule has 0 radical (unpaired) electrons. The molecule has 3 aliphatic carbocycles. The van der Waals surface area contributed by atoms with Crippen molar-refractivity contribution in [2.75, 3.05) is 0 Å². The monoisotopic (exact) mass is 1010 g/mol. The van der Waals surface area contributed by atoms with Gasteiger partial charge in [-0.1, -0.05) is 279 Å². The summed E-state index contributed by atoms with van der Waals surface area (Å²) in [5.74, 6) is -0.342. The summed E-state index contributed by atoms with van der Waals surface area (Å²) in [6.45, 7) is 6.83. The smallest absolute Gasteiger partial charge is 0.179 e. The van der Waals surface area contributed by atoms with Gasteiger partial charge in [-0.15, -0.1) is 0 Å². The van der Waals surface area contributed by atoms with Gasteiger partial charge in [0.2, 0.25) is 0 Å². The fourth-order valence-electron chi connectivity index (χ4n) is 13.1. The number of benzene rings is 11. The minimum absolute atomic E-state index is 0.0705. The molecule has 0 saturated heterocycles. The van der Waals surface area contributed by atoms with Gasteiger partial charge >= 0.3 is 0 Å². The fraction of sp³-hybridized carbons (Fsp3) is 0.0400. The Labute approximate surface area is 466 Å². The van der Waals surface area contributed by atoms with Crippen molar-refractivity contribution < 1.29 is 13.7 Å². The maximum absolute atomic E-state index is 9.22. The van der Waals surface area contributed by atoms with E-state index in [1.54, 1.807) is 18.2 Å². The van der Waals surface area contributed by atoms with E-state index in [1.807, 2.05) is 36.4 Å². The zero-order valence-corrected chi connectivity index (χ0v) is 43.2. The van der Waals surface area contributed by atoms with Crippen molar-refractivity contribution in [3.05, 3.63) is 336 Å². The summed E-state index contributed by atoms with van der Waals surface area (Å²) < 4.78 is 91.2. The van der Waals surface area contributed by atoms with E-state index in [-0.39, 0.29) is 34.1 Å². The lowest BCUT2D eigenvalue weighted by Crippen LogP contribution is -2.69.